The van der Waals surface area contributed by atoms with Gasteiger partial charge in [-0.2, -0.15) is 0 Å². The molecule has 1 heterocycles. The molecule has 25 heavy (non-hydrogen) atoms. The van der Waals surface area contributed by atoms with E-state index in [0.717, 1.165) is 22.2 Å². The van der Waals surface area contributed by atoms with Crippen LogP contribution in [0.2, 0.25) is 5.02 Å². The fourth-order valence-corrected chi connectivity index (χ4v) is 2.65. The summed E-state index contributed by atoms with van der Waals surface area (Å²) in [6, 6.07) is 12.9. The number of halogens is 1. The molecule has 3 aromatic rings. The predicted molar refractivity (Wildman–Crippen MR) is 100 cm³/mol. The summed E-state index contributed by atoms with van der Waals surface area (Å²) in [5, 5.41) is 1.51. The Bertz CT molecular complexity index is 957. The van der Waals surface area contributed by atoms with Gasteiger partial charge in [-0.25, -0.2) is 0 Å². The molecular formula is C19H18ClN3O2. The highest BCUT2D eigenvalue weighted by atomic mass is 35.5. The summed E-state index contributed by atoms with van der Waals surface area (Å²) in [6.07, 6.45) is 0. The molecule has 5 nitrogen and oxygen atoms in total. The minimum atomic E-state index is -0.264. The van der Waals surface area contributed by atoms with Gasteiger partial charge in [-0.05, 0) is 49.7 Å². The molecule has 0 spiro atoms. The van der Waals surface area contributed by atoms with Crippen molar-refractivity contribution in [1.29, 1.82) is 0 Å². The Morgan fingerprint density at radius 3 is 2.64 bits per heavy atom. The first kappa shape index (κ1) is 17.0. The van der Waals surface area contributed by atoms with Crippen molar-refractivity contribution in [3.05, 3.63) is 64.3 Å². The summed E-state index contributed by atoms with van der Waals surface area (Å²) >= 11 is 6.09. The Hall–Kier alpha value is -2.79. The number of amides is 1. The number of rotatable bonds is 4. The molecule has 0 unspecified atom stereocenters. The highest BCUT2D eigenvalue weighted by Gasteiger charge is 2.12. The normalized spacial score (nSPS) is 10.6. The number of anilines is 1. The average molecular weight is 356 g/mol. The van der Waals surface area contributed by atoms with Gasteiger partial charge < -0.3 is 4.74 Å². The summed E-state index contributed by atoms with van der Waals surface area (Å²) in [5.74, 6) is 0.467. The van der Waals surface area contributed by atoms with Crippen LogP contribution in [0, 0.1) is 13.8 Å². The number of aromatic nitrogens is 1. The molecular weight excluding hydrogens is 338 g/mol. The smallest absolute Gasteiger partial charge is 0.271 e. The van der Waals surface area contributed by atoms with Gasteiger partial charge in [0.2, 0.25) is 0 Å². The average Bonchev–Trinajstić information content (AvgIpc) is 2.61. The van der Waals surface area contributed by atoms with Gasteiger partial charge in [0.05, 0.1) is 29.6 Å². The van der Waals surface area contributed by atoms with Crippen molar-refractivity contribution in [2.75, 3.05) is 12.5 Å². The molecule has 0 radical (unpaired) electrons. The Labute approximate surface area is 150 Å². The van der Waals surface area contributed by atoms with E-state index in [1.54, 1.807) is 20.1 Å². The number of aryl methyl sites for hydroxylation is 2. The number of hydrogen-bond donors (Lipinski definition) is 2. The number of carbonyl (C=O) groups excluding carboxylic acids is 1. The second-order valence-corrected chi connectivity index (χ2v) is 6.13. The second kappa shape index (κ2) is 6.99. The Morgan fingerprint density at radius 2 is 1.92 bits per heavy atom. The zero-order chi connectivity index (χ0) is 18.0. The number of hydrogen-bond acceptors (Lipinski definition) is 4. The third-order valence-corrected chi connectivity index (χ3v) is 4.36. The number of pyridine rings is 1. The maximum absolute atomic E-state index is 12.5. The Kier molecular flexibility index (Phi) is 4.76. The van der Waals surface area contributed by atoms with Gasteiger partial charge in [-0.3, -0.25) is 20.6 Å². The summed E-state index contributed by atoms with van der Waals surface area (Å²) in [6.45, 7) is 3.72. The maximum atomic E-state index is 12.5. The Balaban J connectivity index is 1.81. The van der Waals surface area contributed by atoms with Gasteiger partial charge >= 0.3 is 0 Å². The van der Waals surface area contributed by atoms with Crippen molar-refractivity contribution in [1.82, 2.24) is 10.4 Å². The third-order valence-electron chi connectivity index (χ3n) is 3.95. The van der Waals surface area contributed by atoms with E-state index < -0.39 is 0 Å². The summed E-state index contributed by atoms with van der Waals surface area (Å²) in [4.78, 5) is 17.0. The first-order valence-electron chi connectivity index (χ1n) is 7.76. The molecule has 0 saturated carbocycles. The van der Waals surface area contributed by atoms with E-state index in [1.165, 1.54) is 0 Å². The van der Waals surface area contributed by atoms with Crippen LogP contribution in [-0.4, -0.2) is 18.0 Å². The van der Waals surface area contributed by atoms with E-state index in [1.807, 2.05) is 43.3 Å². The van der Waals surface area contributed by atoms with E-state index in [4.69, 9.17) is 16.3 Å². The lowest BCUT2D eigenvalue weighted by molar-refractivity contribution is 0.0962. The number of nitrogens with zero attached hydrogens (tertiary/aromatic N) is 1. The van der Waals surface area contributed by atoms with E-state index in [0.29, 0.717) is 22.0 Å². The lowest BCUT2D eigenvalue weighted by atomic mass is 10.1. The SMILES string of the molecule is COc1ccc2cc(C(=O)NNc3ccc(C)c(Cl)c3)c(C)nc2c1. The van der Waals surface area contributed by atoms with Crippen LogP contribution in [0.1, 0.15) is 21.6 Å². The minimum absolute atomic E-state index is 0.264. The molecule has 0 atom stereocenters. The van der Waals surface area contributed by atoms with E-state index in [9.17, 15) is 4.79 Å². The number of methoxy groups -OCH3 is 1. The molecule has 1 amide bonds. The molecule has 2 aromatic carbocycles. The Morgan fingerprint density at radius 1 is 1.12 bits per heavy atom. The summed E-state index contributed by atoms with van der Waals surface area (Å²) in [7, 11) is 1.61. The highest BCUT2D eigenvalue weighted by molar-refractivity contribution is 6.31. The maximum Gasteiger partial charge on any atom is 0.271 e. The molecule has 0 saturated heterocycles. The van der Waals surface area contributed by atoms with Crippen molar-refractivity contribution in [3.63, 3.8) is 0 Å². The number of ether oxygens (including phenoxy) is 1. The zero-order valence-corrected chi connectivity index (χ0v) is 14.9. The van der Waals surface area contributed by atoms with Crippen molar-refractivity contribution in [2.45, 2.75) is 13.8 Å². The van der Waals surface area contributed by atoms with Gasteiger partial charge in [0.1, 0.15) is 5.75 Å². The largest absolute Gasteiger partial charge is 0.497 e. The standard InChI is InChI=1S/C19H18ClN3O2/c1-11-4-6-14(9-17(11)20)22-23-19(24)16-8-13-5-7-15(25-3)10-18(13)21-12(16)2/h4-10,22H,1-3H3,(H,23,24). The fourth-order valence-electron chi connectivity index (χ4n) is 2.47. The van der Waals surface area contributed by atoms with Crippen LogP contribution in [-0.2, 0) is 0 Å². The van der Waals surface area contributed by atoms with Crippen LogP contribution >= 0.6 is 11.6 Å². The van der Waals surface area contributed by atoms with Crippen LogP contribution in [0.25, 0.3) is 10.9 Å². The molecule has 0 aliphatic rings. The van der Waals surface area contributed by atoms with Gasteiger partial charge in [0.15, 0.2) is 0 Å². The van der Waals surface area contributed by atoms with E-state index in [-0.39, 0.29) is 5.91 Å². The van der Waals surface area contributed by atoms with Crippen molar-refractivity contribution in [3.8, 4) is 5.75 Å². The number of fused-ring (bicyclic) bond motifs is 1. The zero-order valence-electron chi connectivity index (χ0n) is 14.2. The first-order chi connectivity index (χ1) is 12.0. The lowest BCUT2D eigenvalue weighted by Gasteiger charge is -2.12. The monoisotopic (exact) mass is 355 g/mol. The van der Waals surface area contributed by atoms with Gasteiger partial charge in [-0.1, -0.05) is 17.7 Å². The van der Waals surface area contributed by atoms with Gasteiger partial charge in [0, 0.05) is 16.5 Å². The molecule has 6 heteroatoms. The van der Waals surface area contributed by atoms with Gasteiger partial charge in [0.25, 0.3) is 5.91 Å². The van der Waals surface area contributed by atoms with E-state index >= 15 is 0 Å². The first-order valence-corrected chi connectivity index (χ1v) is 8.13. The van der Waals surface area contributed by atoms with Crippen LogP contribution in [0.4, 0.5) is 5.69 Å². The highest BCUT2D eigenvalue weighted by Crippen LogP contribution is 2.22. The van der Waals surface area contributed by atoms with E-state index in [2.05, 4.69) is 15.8 Å². The van der Waals surface area contributed by atoms with Crippen LogP contribution < -0.4 is 15.6 Å². The number of benzene rings is 2. The number of carbonyl (C=O) groups is 1. The molecule has 0 fully saturated rings. The number of nitrogens with one attached hydrogen (secondary N) is 2. The third kappa shape index (κ3) is 3.67. The molecule has 0 aliphatic heterocycles. The second-order valence-electron chi connectivity index (χ2n) is 5.72. The quantitative estimate of drug-likeness (QED) is 0.686. The molecule has 3 rings (SSSR count). The lowest BCUT2D eigenvalue weighted by Crippen LogP contribution is -2.30. The predicted octanol–water partition coefficient (Wildman–Crippen LogP) is 4.27. The topological polar surface area (TPSA) is 63.2 Å². The fraction of sp³-hybridized carbons (Fsp3) is 0.158. The van der Waals surface area contributed by atoms with Crippen LogP contribution in [0.5, 0.6) is 5.75 Å². The summed E-state index contributed by atoms with van der Waals surface area (Å²) in [5.41, 5.74) is 9.16. The minimum Gasteiger partial charge on any atom is -0.497 e. The van der Waals surface area contributed by atoms with Crippen molar-refractivity contribution < 1.29 is 9.53 Å². The molecule has 128 valence electrons. The van der Waals surface area contributed by atoms with Crippen LogP contribution in [0.15, 0.2) is 42.5 Å². The van der Waals surface area contributed by atoms with Gasteiger partial charge in [-0.15, -0.1) is 0 Å². The summed E-state index contributed by atoms with van der Waals surface area (Å²) < 4.78 is 5.21. The van der Waals surface area contributed by atoms with Crippen molar-refractivity contribution >= 4 is 34.1 Å². The van der Waals surface area contributed by atoms with Crippen LogP contribution in [0.3, 0.4) is 0 Å². The molecule has 0 bridgehead atoms. The molecule has 1 aromatic heterocycles. The van der Waals surface area contributed by atoms with Crippen molar-refractivity contribution in [2.24, 2.45) is 0 Å². The number of hydrazine groups is 1. The molecule has 0 aliphatic carbocycles. The molecule has 2 N–H and O–H groups in total.